The molecule has 1 aliphatic rings. The first-order valence-corrected chi connectivity index (χ1v) is 12.8. The molecule has 0 aliphatic heterocycles. The van der Waals surface area contributed by atoms with Crippen LogP contribution in [0.3, 0.4) is 0 Å². The first-order valence-electron chi connectivity index (χ1n) is 12.8. The minimum absolute atomic E-state index is 0.0333. The number of hydrogen-bond acceptors (Lipinski definition) is 7. The van der Waals surface area contributed by atoms with Crippen LogP contribution in [0.5, 0.6) is 23.0 Å². The molecule has 0 saturated heterocycles. The number of fused-ring (bicyclic) bond motifs is 1. The maximum atomic E-state index is 15.2. The normalized spacial score (nSPS) is 13.5. The van der Waals surface area contributed by atoms with Crippen molar-refractivity contribution in [3.63, 3.8) is 0 Å². The minimum Gasteiger partial charge on any atom is -0.493 e. The van der Waals surface area contributed by atoms with Crippen LogP contribution in [0, 0.1) is 17.0 Å². The van der Waals surface area contributed by atoms with Gasteiger partial charge < -0.3 is 19.5 Å². The van der Waals surface area contributed by atoms with E-state index in [1.54, 1.807) is 43.4 Å². The van der Waals surface area contributed by atoms with Crippen molar-refractivity contribution in [2.75, 3.05) is 26.6 Å². The summed E-state index contributed by atoms with van der Waals surface area (Å²) in [6.45, 7) is 0. The average Bonchev–Trinajstić information content (AvgIpc) is 3.77. The Hall–Kier alpha value is -4.53. The van der Waals surface area contributed by atoms with Gasteiger partial charge in [-0.05, 0) is 54.3 Å². The molecule has 7 nitrogen and oxygen atoms in total. The highest BCUT2D eigenvalue weighted by Gasteiger charge is 2.54. The molecule has 1 heterocycles. The number of halogens is 2. The predicted molar refractivity (Wildman–Crippen MR) is 146 cm³/mol. The van der Waals surface area contributed by atoms with Gasteiger partial charge >= 0.3 is 0 Å². The largest absolute Gasteiger partial charge is 0.493 e. The maximum Gasteiger partial charge on any atom is 0.166 e. The molecule has 5 rings (SSSR count). The molecule has 4 aromatic rings. The summed E-state index contributed by atoms with van der Waals surface area (Å²) in [5.41, 5.74) is 0.596. The molecule has 0 atom stereocenters. The van der Waals surface area contributed by atoms with Gasteiger partial charge in [0.15, 0.2) is 34.6 Å². The Morgan fingerprint density at radius 1 is 0.825 bits per heavy atom. The quantitative estimate of drug-likeness (QED) is 0.229. The molecule has 40 heavy (non-hydrogen) atoms. The van der Waals surface area contributed by atoms with E-state index in [2.05, 4.69) is 10.3 Å². The second-order valence-corrected chi connectivity index (χ2v) is 9.76. The van der Waals surface area contributed by atoms with Gasteiger partial charge in [-0.15, -0.1) is 0 Å². The Morgan fingerprint density at radius 2 is 1.45 bits per heavy atom. The van der Waals surface area contributed by atoms with Crippen molar-refractivity contribution in [3.8, 4) is 23.0 Å². The van der Waals surface area contributed by atoms with Gasteiger partial charge in [0.25, 0.3) is 0 Å². The standard InChI is InChI=1S/C31H28F2N2O5/c1-34-30-17-25(21-15-26(38-2)27(39-3)16-23(21)35-30)40-24-9-6-19(12-22(24)33)14-29(37)31(10-11-31)28(36)13-18-4-7-20(32)8-5-18/h4-9,12,15-17H,10-11,13-14H2,1-3H3,(H,34,35). The number of carbonyl (C=O) groups is 2. The van der Waals surface area contributed by atoms with Crippen LogP contribution < -0.4 is 19.5 Å². The Labute approximate surface area is 230 Å². The topological polar surface area (TPSA) is 86.8 Å². The summed E-state index contributed by atoms with van der Waals surface area (Å²) < 4.78 is 45.1. The molecule has 3 aromatic carbocycles. The van der Waals surface area contributed by atoms with Crippen molar-refractivity contribution in [2.45, 2.75) is 25.7 Å². The van der Waals surface area contributed by atoms with Gasteiger partial charge in [-0.25, -0.2) is 13.8 Å². The van der Waals surface area contributed by atoms with Crippen molar-refractivity contribution in [3.05, 3.63) is 83.4 Å². The van der Waals surface area contributed by atoms with E-state index < -0.39 is 11.2 Å². The van der Waals surface area contributed by atoms with E-state index in [0.717, 1.165) is 0 Å². The molecular weight excluding hydrogens is 518 g/mol. The highest BCUT2D eigenvalue weighted by Crippen LogP contribution is 2.49. The fourth-order valence-electron chi connectivity index (χ4n) is 4.74. The smallest absolute Gasteiger partial charge is 0.166 e. The van der Waals surface area contributed by atoms with Crippen molar-refractivity contribution < 1.29 is 32.6 Å². The van der Waals surface area contributed by atoms with Gasteiger partial charge in [-0.3, -0.25) is 9.59 Å². The molecule has 0 spiro atoms. The fraction of sp³-hybridized carbons (Fsp3) is 0.258. The zero-order valence-corrected chi connectivity index (χ0v) is 22.3. The van der Waals surface area contributed by atoms with Gasteiger partial charge in [-0.1, -0.05) is 18.2 Å². The second-order valence-electron chi connectivity index (χ2n) is 9.76. The van der Waals surface area contributed by atoms with E-state index in [-0.39, 0.29) is 36.0 Å². The van der Waals surface area contributed by atoms with E-state index >= 15 is 4.39 Å². The first-order chi connectivity index (χ1) is 19.3. The van der Waals surface area contributed by atoms with E-state index in [0.29, 0.717) is 57.9 Å². The number of aromatic nitrogens is 1. The summed E-state index contributed by atoms with van der Waals surface area (Å²) in [6, 6.07) is 15.0. The van der Waals surface area contributed by atoms with Gasteiger partial charge in [0.2, 0.25) is 0 Å². The average molecular weight is 547 g/mol. The third-order valence-electron chi connectivity index (χ3n) is 7.21. The lowest BCUT2D eigenvalue weighted by atomic mass is 9.88. The lowest BCUT2D eigenvalue weighted by Gasteiger charge is -2.15. The molecule has 0 bridgehead atoms. The number of ketones is 2. The third-order valence-corrected chi connectivity index (χ3v) is 7.21. The molecule has 1 aliphatic carbocycles. The molecule has 0 unspecified atom stereocenters. The molecule has 0 radical (unpaired) electrons. The van der Waals surface area contributed by atoms with Crippen LogP contribution in [0.4, 0.5) is 14.6 Å². The predicted octanol–water partition coefficient (Wildman–Crippen LogP) is 6.07. The SMILES string of the molecule is CNc1cc(Oc2ccc(CC(=O)C3(C(=O)Cc4ccc(F)cc4)CC3)cc2F)c2cc(OC)c(OC)cc2n1. The first kappa shape index (κ1) is 27.1. The molecular formula is C31H28F2N2O5. The molecule has 9 heteroatoms. The van der Waals surface area contributed by atoms with Crippen LogP contribution in [0.2, 0.25) is 0 Å². The number of benzene rings is 3. The molecule has 1 N–H and O–H groups in total. The lowest BCUT2D eigenvalue weighted by molar-refractivity contribution is -0.133. The molecule has 206 valence electrons. The lowest BCUT2D eigenvalue weighted by Crippen LogP contribution is -2.28. The minimum atomic E-state index is -1.06. The Bertz CT molecular complexity index is 1600. The van der Waals surface area contributed by atoms with Crippen molar-refractivity contribution in [2.24, 2.45) is 5.41 Å². The number of rotatable bonds is 11. The van der Waals surface area contributed by atoms with Crippen LogP contribution >= 0.6 is 0 Å². The zero-order chi connectivity index (χ0) is 28.4. The monoisotopic (exact) mass is 546 g/mol. The number of pyridine rings is 1. The Kier molecular flexibility index (Phi) is 7.38. The highest BCUT2D eigenvalue weighted by molar-refractivity contribution is 6.11. The Morgan fingerprint density at radius 3 is 2.05 bits per heavy atom. The van der Waals surface area contributed by atoms with E-state index in [1.807, 2.05) is 0 Å². The number of nitrogens with one attached hydrogen (secondary N) is 1. The molecule has 0 amide bonds. The van der Waals surface area contributed by atoms with E-state index in [4.69, 9.17) is 14.2 Å². The van der Waals surface area contributed by atoms with E-state index in [9.17, 15) is 14.0 Å². The van der Waals surface area contributed by atoms with Crippen LogP contribution in [0.25, 0.3) is 10.9 Å². The van der Waals surface area contributed by atoms with Crippen molar-refractivity contribution in [1.82, 2.24) is 4.98 Å². The van der Waals surface area contributed by atoms with Gasteiger partial charge in [0.1, 0.15) is 17.4 Å². The number of methoxy groups -OCH3 is 2. The van der Waals surface area contributed by atoms with Crippen molar-refractivity contribution in [1.29, 1.82) is 0 Å². The van der Waals surface area contributed by atoms with Crippen LogP contribution in [0.1, 0.15) is 24.0 Å². The fourth-order valence-corrected chi connectivity index (χ4v) is 4.74. The van der Waals surface area contributed by atoms with Gasteiger partial charge in [0.05, 0.1) is 25.2 Å². The summed E-state index contributed by atoms with van der Waals surface area (Å²) >= 11 is 0. The molecule has 1 aromatic heterocycles. The van der Waals surface area contributed by atoms with Crippen molar-refractivity contribution >= 4 is 28.3 Å². The number of ether oxygens (including phenoxy) is 3. The summed E-state index contributed by atoms with van der Waals surface area (Å²) in [5, 5.41) is 3.55. The third kappa shape index (κ3) is 5.32. The number of Topliss-reactive ketones (excluding diaryl/α,β-unsaturated/α-hetero) is 2. The van der Waals surface area contributed by atoms with Crippen LogP contribution in [-0.2, 0) is 22.4 Å². The van der Waals surface area contributed by atoms with Crippen LogP contribution in [0.15, 0.2) is 60.7 Å². The van der Waals surface area contributed by atoms with E-state index in [1.165, 1.54) is 38.5 Å². The van der Waals surface area contributed by atoms with Gasteiger partial charge in [0, 0.05) is 37.4 Å². The van der Waals surface area contributed by atoms with Crippen LogP contribution in [-0.4, -0.2) is 37.8 Å². The number of hydrogen-bond donors (Lipinski definition) is 1. The number of anilines is 1. The maximum absolute atomic E-state index is 15.2. The van der Waals surface area contributed by atoms with Gasteiger partial charge in [-0.2, -0.15) is 0 Å². The highest BCUT2D eigenvalue weighted by atomic mass is 19.1. The summed E-state index contributed by atoms with van der Waals surface area (Å²) in [7, 11) is 4.75. The summed E-state index contributed by atoms with van der Waals surface area (Å²) in [5.74, 6) is 0.316. The number of nitrogens with zero attached hydrogens (tertiary/aromatic N) is 1. The Balaban J connectivity index is 1.34. The summed E-state index contributed by atoms with van der Waals surface area (Å²) in [6.07, 6.45) is 0.906. The number of carbonyl (C=O) groups excluding carboxylic acids is 2. The summed E-state index contributed by atoms with van der Waals surface area (Å²) in [4.78, 5) is 30.6. The zero-order valence-electron chi connectivity index (χ0n) is 22.3. The second kappa shape index (κ2) is 10.9. The molecule has 1 fully saturated rings. The molecule has 1 saturated carbocycles.